The molecule has 1 atom stereocenters. The van der Waals surface area contributed by atoms with Crippen molar-refractivity contribution < 1.29 is 14.7 Å². The second-order valence-corrected chi connectivity index (χ2v) is 5.91. The lowest BCUT2D eigenvalue weighted by Gasteiger charge is -2.26. The molecule has 0 spiro atoms. The van der Waals surface area contributed by atoms with E-state index in [2.05, 4.69) is 5.32 Å². The van der Waals surface area contributed by atoms with Gasteiger partial charge in [0, 0.05) is 11.6 Å². The number of nitrogens with one attached hydrogen (secondary N) is 1. The largest absolute Gasteiger partial charge is 0.478 e. The van der Waals surface area contributed by atoms with Crippen LogP contribution in [-0.2, 0) is 4.79 Å². The highest BCUT2D eigenvalue weighted by Gasteiger charge is 2.26. The van der Waals surface area contributed by atoms with Gasteiger partial charge in [-0.25, -0.2) is 4.79 Å². The quantitative estimate of drug-likeness (QED) is 0.879. The Morgan fingerprint density at radius 1 is 1.26 bits per heavy atom. The van der Waals surface area contributed by atoms with Gasteiger partial charge in [-0.15, -0.1) is 0 Å². The van der Waals surface area contributed by atoms with Crippen molar-refractivity contribution in [2.24, 2.45) is 11.3 Å². The van der Waals surface area contributed by atoms with Crippen LogP contribution in [0.15, 0.2) is 18.2 Å². The SMILES string of the molecule is Cc1cc(NC(=O)C(C)C(C)(C)C)ccc1C(=O)O. The van der Waals surface area contributed by atoms with E-state index < -0.39 is 5.97 Å². The van der Waals surface area contributed by atoms with Gasteiger partial charge in [-0.3, -0.25) is 4.79 Å². The van der Waals surface area contributed by atoms with E-state index >= 15 is 0 Å². The first-order valence-corrected chi connectivity index (χ1v) is 6.27. The van der Waals surface area contributed by atoms with Gasteiger partial charge >= 0.3 is 5.97 Å². The third kappa shape index (κ3) is 3.81. The fraction of sp³-hybridized carbons (Fsp3) is 0.467. The Morgan fingerprint density at radius 2 is 1.84 bits per heavy atom. The van der Waals surface area contributed by atoms with Crippen LogP contribution >= 0.6 is 0 Å². The molecule has 0 radical (unpaired) electrons. The molecule has 0 aliphatic rings. The van der Waals surface area contributed by atoms with Gasteiger partial charge < -0.3 is 10.4 Å². The van der Waals surface area contributed by atoms with Crippen LogP contribution in [0.5, 0.6) is 0 Å². The standard InChI is InChI=1S/C15H21NO3/c1-9-8-11(6-7-12(9)14(18)19)16-13(17)10(2)15(3,4)5/h6-8,10H,1-5H3,(H,16,17)(H,18,19). The molecule has 0 aliphatic carbocycles. The predicted octanol–water partition coefficient (Wildman–Crippen LogP) is 3.31. The summed E-state index contributed by atoms with van der Waals surface area (Å²) < 4.78 is 0. The molecule has 0 bridgehead atoms. The lowest BCUT2D eigenvalue weighted by Crippen LogP contribution is -2.30. The third-order valence-corrected chi connectivity index (χ3v) is 3.42. The second-order valence-electron chi connectivity index (χ2n) is 5.91. The van der Waals surface area contributed by atoms with Crippen molar-refractivity contribution in [2.45, 2.75) is 34.6 Å². The first-order valence-electron chi connectivity index (χ1n) is 6.27. The molecule has 2 N–H and O–H groups in total. The van der Waals surface area contributed by atoms with E-state index in [4.69, 9.17) is 5.11 Å². The maximum atomic E-state index is 12.1. The highest BCUT2D eigenvalue weighted by Crippen LogP contribution is 2.26. The molecule has 1 unspecified atom stereocenters. The van der Waals surface area contributed by atoms with Crippen LogP contribution in [0.1, 0.15) is 43.6 Å². The number of aryl methyl sites for hydroxylation is 1. The molecular formula is C15H21NO3. The second kappa shape index (κ2) is 5.43. The number of benzene rings is 1. The summed E-state index contributed by atoms with van der Waals surface area (Å²) >= 11 is 0. The highest BCUT2D eigenvalue weighted by molar-refractivity contribution is 5.94. The molecule has 0 aromatic heterocycles. The molecule has 1 amide bonds. The predicted molar refractivity (Wildman–Crippen MR) is 75.4 cm³/mol. The maximum Gasteiger partial charge on any atom is 0.335 e. The highest BCUT2D eigenvalue weighted by atomic mass is 16.4. The number of anilines is 1. The smallest absolute Gasteiger partial charge is 0.335 e. The van der Waals surface area contributed by atoms with Crippen molar-refractivity contribution in [1.82, 2.24) is 0 Å². The van der Waals surface area contributed by atoms with Crippen LogP contribution in [0.4, 0.5) is 5.69 Å². The molecule has 0 saturated carbocycles. The Morgan fingerprint density at radius 3 is 2.26 bits per heavy atom. The van der Waals surface area contributed by atoms with Gasteiger partial charge in [-0.1, -0.05) is 27.7 Å². The van der Waals surface area contributed by atoms with Gasteiger partial charge in [0.2, 0.25) is 5.91 Å². The minimum Gasteiger partial charge on any atom is -0.478 e. The molecule has 1 aromatic rings. The van der Waals surface area contributed by atoms with Crippen LogP contribution in [0.2, 0.25) is 0 Å². The number of aromatic carboxylic acids is 1. The molecule has 104 valence electrons. The summed E-state index contributed by atoms with van der Waals surface area (Å²) in [4.78, 5) is 23.0. The summed E-state index contributed by atoms with van der Waals surface area (Å²) in [5.41, 5.74) is 1.40. The monoisotopic (exact) mass is 263 g/mol. The van der Waals surface area contributed by atoms with Crippen LogP contribution in [0, 0.1) is 18.3 Å². The Kier molecular flexibility index (Phi) is 4.35. The van der Waals surface area contributed by atoms with Gasteiger partial charge in [0.15, 0.2) is 0 Å². The molecule has 1 rings (SSSR count). The lowest BCUT2D eigenvalue weighted by molar-refractivity contribution is -0.122. The number of hydrogen-bond donors (Lipinski definition) is 2. The minimum absolute atomic E-state index is 0.0602. The van der Waals surface area contributed by atoms with E-state index in [-0.39, 0.29) is 22.8 Å². The first-order chi connectivity index (χ1) is 8.62. The van der Waals surface area contributed by atoms with Gasteiger partial charge in [-0.05, 0) is 36.1 Å². The molecule has 0 heterocycles. The normalized spacial score (nSPS) is 12.9. The average Bonchev–Trinajstić information content (AvgIpc) is 2.26. The Bertz CT molecular complexity index is 501. The van der Waals surface area contributed by atoms with E-state index in [0.29, 0.717) is 11.3 Å². The summed E-state index contributed by atoms with van der Waals surface area (Å²) in [6.07, 6.45) is 0. The van der Waals surface area contributed by atoms with Crippen molar-refractivity contribution in [3.8, 4) is 0 Å². The molecule has 0 fully saturated rings. The summed E-state index contributed by atoms with van der Waals surface area (Å²) in [6.45, 7) is 9.63. The van der Waals surface area contributed by atoms with Gasteiger partial charge in [0.1, 0.15) is 0 Å². The molecule has 1 aromatic carbocycles. The van der Waals surface area contributed by atoms with Crippen molar-refractivity contribution in [3.05, 3.63) is 29.3 Å². The lowest BCUT2D eigenvalue weighted by atomic mass is 9.81. The van der Waals surface area contributed by atoms with Crippen molar-refractivity contribution in [3.63, 3.8) is 0 Å². The van der Waals surface area contributed by atoms with E-state index in [1.807, 2.05) is 27.7 Å². The van der Waals surface area contributed by atoms with Gasteiger partial charge in [-0.2, -0.15) is 0 Å². The van der Waals surface area contributed by atoms with Crippen LogP contribution in [-0.4, -0.2) is 17.0 Å². The van der Waals surface area contributed by atoms with Gasteiger partial charge in [0.05, 0.1) is 5.56 Å². The van der Waals surface area contributed by atoms with Crippen molar-refractivity contribution >= 4 is 17.6 Å². The molecule has 19 heavy (non-hydrogen) atoms. The van der Waals surface area contributed by atoms with E-state index in [1.165, 1.54) is 6.07 Å². The molecule has 4 heteroatoms. The summed E-state index contributed by atoms with van der Waals surface area (Å²) in [5, 5.41) is 11.8. The van der Waals surface area contributed by atoms with E-state index in [9.17, 15) is 9.59 Å². The van der Waals surface area contributed by atoms with E-state index in [0.717, 1.165) is 0 Å². The Labute approximate surface area is 113 Å². The minimum atomic E-state index is -0.960. The number of carboxylic acids is 1. The molecule has 0 saturated heterocycles. The Balaban J connectivity index is 2.87. The number of carboxylic acid groups (broad SMARTS) is 1. The Hall–Kier alpha value is -1.84. The number of amides is 1. The average molecular weight is 263 g/mol. The number of hydrogen-bond acceptors (Lipinski definition) is 2. The summed E-state index contributed by atoms with van der Waals surface area (Å²) in [7, 11) is 0. The summed E-state index contributed by atoms with van der Waals surface area (Å²) in [5.74, 6) is -1.15. The number of rotatable bonds is 3. The fourth-order valence-electron chi connectivity index (χ4n) is 1.63. The summed E-state index contributed by atoms with van der Waals surface area (Å²) in [6, 6.07) is 4.80. The van der Waals surface area contributed by atoms with E-state index in [1.54, 1.807) is 19.1 Å². The third-order valence-electron chi connectivity index (χ3n) is 3.42. The number of carbonyl (C=O) groups excluding carboxylic acids is 1. The van der Waals surface area contributed by atoms with Crippen LogP contribution < -0.4 is 5.32 Å². The topological polar surface area (TPSA) is 66.4 Å². The molecule has 4 nitrogen and oxygen atoms in total. The molecule has 0 aliphatic heterocycles. The van der Waals surface area contributed by atoms with Crippen molar-refractivity contribution in [2.75, 3.05) is 5.32 Å². The zero-order valence-corrected chi connectivity index (χ0v) is 12.1. The van der Waals surface area contributed by atoms with Crippen molar-refractivity contribution in [1.29, 1.82) is 0 Å². The van der Waals surface area contributed by atoms with Gasteiger partial charge in [0.25, 0.3) is 0 Å². The zero-order valence-electron chi connectivity index (χ0n) is 12.1. The first kappa shape index (κ1) is 15.2. The maximum absolute atomic E-state index is 12.1. The van der Waals surface area contributed by atoms with Crippen LogP contribution in [0.25, 0.3) is 0 Å². The number of carbonyl (C=O) groups is 2. The fourth-order valence-corrected chi connectivity index (χ4v) is 1.63. The molecular weight excluding hydrogens is 242 g/mol. The zero-order chi connectivity index (χ0) is 14.8. The van der Waals surface area contributed by atoms with Crippen LogP contribution in [0.3, 0.4) is 0 Å².